The van der Waals surface area contributed by atoms with Crippen molar-refractivity contribution < 1.29 is 9.32 Å². The third kappa shape index (κ3) is 4.10. The Balaban J connectivity index is 1.76. The van der Waals surface area contributed by atoms with Gasteiger partial charge < -0.3 is 9.84 Å². The predicted octanol–water partition coefficient (Wildman–Crippen LogP) is 5.54. The van der Waals surface area contributed by atoms with Crippen molar-refractivity contribution in [2.75, 3.05) is 12.8 Å². The number of amides is 2. The van der Waals surface area contributed by atoms with E-state index in [0.29, 0.717) is 18.3 Å². The maximum Gasteiger partial charge on any atom is 0.322 e. The second-order valence-electron chi connectivity index (χ2n) is 7.37. The van der Waals surface area contributed by atoms with Gasteiger partial charge in [0.25, 0.3) is 5.89 Å². The second kappa shape index (κ2) is 8.98. The summed E-state index contributed by atoms with van der Waals surface area (Å²) in [7, 11) is 0. The lowest BCUT2D eigenvalue weighted by Crippen LogP contribution is -2.45. The van der Waals surface area contributed by atoms with Gasteiger partial charge in [0.05, 0.1) is 11.6 Å². The van der Waals surface area contributed by atoms with Crippen LogP contribution in [0.25, 0.3) is 17.0 Å². The molecular weight excluding hydrogens is 408 g/mol. The van der Waals surface area contributed by atoms with Crippen LogP contribution in [0.4, 0.5) is 4.79 Å². The van der Waals surface area contributed by atoms with Crippen molar-refractivity contribution in [2.45, 2.75) is 38.1 Å². The summed E-state index contributed by atoms with van der Waals surface area (Å²) >= 11 is 1.69. The summed E-state index contributed by atoms with van der Waals surface area (Å²) in [5.74, 6) is 0.951. The van der Waals surface area contributed by atoms with E-state index in [1.807, 2.05) is 44.4 Å². The molecule has 4 rings (SSSR count). The average molecular weight is 435 g/mol. The molecule has 7 heteroatoms. The molecule has 2 amide bonds. The number of nitrogens with one attached hydrogen (secondary N) is 1. The van der Waals surface area contributed by atoms with Gasteiger partial charge in [-0.1, -0.05) is 36.3 Å². The zero-order chi connectivity index (χ0) is 22.0. The number of thioether (sulfide) groups is 1. The minimum absolute atomic E-state index is 0.124. The van der Waals surface area contributed by atoms with E-state index in [9.17, 15) is 4.79 Å². The molecule has 0 saturated heterocycles. The molecule has 1 aliphatic heterocycles. The molecule has 0 bridgehead atoms. The molecule has 6 nitrogen and oxygen atoms in total. The van der Waals surface area contributed by atoms with Gasteiger partial charge in [0.15, 0.2) is 0 Å². The average Bonchev–Trinajstić information content (AvgIpc) is 3.29. The molecule has 1 unspecified atom stereocenters. The molecule has 1 atom stereocenters. The molecule has 0 fully saturated rings. The molecule has 1 aromatic heterocycles. The maximum absolute atomic E-state index is 12.7. The third-order valence-corrected chi connectivity index (χ3v) is 6.38. The quantitative estimate of drug-likeness (QED) is 0.516. The topological polar surface area (TPSA) is 71.3 Å². The number of carbonyl (C=O) groups is 1. The number of aromatic nitrogens is 2. The second-order valence-corrected chi connectivity index (χ2v) is 8.25. The number of benzene rings is 2. The minimum atomic E-state index is -0.353. The Morgan fingerprint density at radius 2 is 1.81 bits per heavy atom. The van der Waals surface area contributed by atoms with E-state index in [4.69, 9.17) is 9.51 Å². The molecular formula is C24H26N4O2S. The zero-order valence-corrected chi connectivity index (χ0v) is 19.0. The first-order valence-corrected chi connectivity index (χ1v) is 11.6. The molecule has 0 spiro atoms. The van der Waals surface area contributed by atoms with Gasteiger partial charge in [-0.15, -0.1) is 11.8 Å². The molecule has 0 aliphatic carbocycles. The minimum Gasteiger partial charge on any atom is -0.334 e. The van der Waals surface area contributed by atoms with Crippen LogP contribution in [0.3, 0.4) is 0 Å². The Hall–Kier alpha value is -3.06. The maximum atomic E-state index is 12.7. The van der Waals surface area contributed by atoms with Crippen LogP contribution in [-0.2, 0) is 6.42 Å². The van der Waals surface area contributed by atoms with E-state index < -0.39 is 0 Å². The van der Waals surface area contributed by atoms with Crippen LogP contribution >= 0.6 is 11.8 Å². The van der Waals surface area contributed by atoms with Gasteiger partial charge in [-0.05, 0) is 61.9 Å². The molecule has 2 heterocycles. The summed E-state index contributed by atoms with van der Waals surface area (Å²) in [4.78, 5) is 20.3. The number of rotatable bonds is 6. The lowest BCUT2D eigenvalue weighted by molar-refractivity contribution is 0.207. The number of hydrogen-bond donors (Lipinski definition) is 1. The standard InChI is InChI=1S/C24H26N4O2S/c1-5-16-7-9-17(10-8-16)21-20(15(3)28(6-2)24(29)25-21)23-26-22(27-30-23)18-11-13-19(31-4)14-12-18/h7-14,21H,5-6H2,1-4H3,(H,25,29). The van der Waals surface area contributed by atoms with Crippen LogP contribution in [0.5, 0.6) is 0 Å². The number of nitrogens with zero attached hydrogens (tertiary/aromatic N) is 3. The highest BCUT2D eigenvalue weighted by molar-refractivity contribution is 7.98. The van der Waals surface area contributed by atoms with E-state index in [1.165, 1.54) is 10.5 Å². The fourth-order valence-corrected chi connectivity index (χ4v) is 4.23. The first-order chi connectivity index (χ1) is 15.0. The normalized spacial score (nSPS) is 16.6. The molecule has 31 heavy (non-hydrogen) atoms. The largest absolute Gasteiger partial charge is 0.334 e. The lowest BCUT2D eigenvalue weighted by Gasteiger charge is -2.34. The summed E-state index contributed by atoms with van der Waals surface area (Å²) in [5, 5.41) is 7.33. The third-order valence-electron chi connectivity index (χ3n) is 5.64. The number of urea groups is 1. The fraction of sp³-hybridized carbons (Fsp3) is 0.292. The highest BCUT2D eigenvalue weighted by atomic mass is 32.2. The van der Waals surface area contributed by atoms with E-state index in [-0.39, 0.29) is 12.1 Å². The number of hydrogen-bond acceptors (Lipinski definition) is 5. The van der Waals surface area contributed by atoms with Crippen molar-refractivity contribution in [3.05, 3.63) is 71.2 Å². The van der Waals surface area contributed by atoms with Crippen LogP contribution in [0.1, 0.15) is 43.8 Å². The monoisotopic (exact) mass is 434 g/mol. The van der Waals surface area contributed by atoms with Gasteiger partial charge in [-0.3, -0.25) is 4.90 Å². The first-order valence-electron chi connectivity index (χ1n) is 10.4. The lowest BCUT2D eigenvalue weighted by atomic mass is 9.94. The summed E-state index contributed by atoms with van der Waals surface area (Å²) in [6.07, 6.45) is 3.01. The highest BCUT2D eigenvalue weighted by Crippen LogP contribution is 2.37. The molecule has 1 N–H and O–H groups in total. The van der Waals surface area contributed by atoms with Gasteiger partial charge in [-0.2, -0.15) is 4.98 Å². The fourth-order valence-electron chi connectivity index (χ4n) is 3.83. The number of allylic oxidation sites excluding steroid dienone is 1. The molecule has 2 aromatic carbocycles. The van der Waals surface area contributed by atoms with Crippen LogP contribution < -0.4 is 5.32 Å². The number of carbonyl (C=O) groups excluding carboxylic acids is 1. The van der Waals surface area contributed by atoms with Crippen molar-refractivity contribution in [1.29, 1.82) is 0 Å². The zero-order valence-electron chi connectivity index (χ0n) is 18.2. The predicted molar refractivity (Wildman–Crippen MR) is 124 cm³/mol. The van der Waals surface area contributed by atoms with Crippen molar-refractivity contribution in [1.82, 2.24) is 20.4 Å². The molecule has 160 valence electrons. The first kappa shape index (κ1) is 21.2. The van der Waals surface area contributed by atoms with E-state index >= 15 is 0 Å². The van der Waals surface area contributed by atoms with Gasteiger partial charge in [0.2, 0.25) is 5.82 Å². The Labute approximate surface area is 186 Å². The summed E-state index contributed by atoms with van der Waals surface area (Å²) in [6.45, 7) is 6.56. The van der Waals surface area contributed by atoms with Crippen molar-refractivity contribution in [3.8, 4) is 11.4 Å². The van der Waals surface area contributed by atoms with E-state index in [1.54, 1.807) is 16.7 Å². The summed E-state index contributed by atoms with van der Waals surface area (Å²) < 4.78 is 5.71. The Kier molecular flexibility index (Phi) is 6.13. The van der Waals surface area contributed by atoms with Crippen LogP contribution in [-0.4, -0.2) is 33.9 Å². The summed E-state index contributed by atoms with van der Waals surface area (Å²) in [5.41, 5.74) is 4.77. The number of aryl methyl sites for hydroxylation is 1. The van der Waals surface area contributed by atoms with Gasteiger partial charge >= 0.3 is 6.03 Å². The Morgan fingerprint density at radius 3 is 2.42 bits per heavy atom. The smallest absolute Gasteiger partial charge is 0.322 e. The summed E-state index contributed by atoms with van der Waals surface area (Å²) in [6, 6.07) is 15.9. The highest BCUT2D eigenvalue weighted by Gasteiger charge is 2.35. The van der Waals surface area contributed by atoms with Gasteiger partial charge in [-0.25, -0.2) is 4.79 Å². The van der Waals surface area contributed by atoms with E-state index in [0.717, 1.165) is 28.8 Å². The Morgan fingerprint density at radius 1 is 1.10 bits per heavy atom. The van der Waals surface area contributed by atoms with Crippen molar-refractivity contribution in [3.63, 3.8) is 0 Å². The van der Waals surface area contributed by atoms with Crippen LogP contribution in [0.15, 0.2) is 63.6 Å². The van der Waals surface area contributed by atoms with Gasteiger partial charge in [0, 0.05) is 22.7 Å². The van der Waals surface area contributed by atoms with Crippen LogP contribution in [0.2, 0.25) is 0 Å². The van der Waals surface area contributed by atoms with E-state index in [2.05, 4.69) is 41.7 Å². The molecule has 3 aromatic rings. The van der Waals surface area contributed by atoms with Gasteiger partial charge in [0.1, 0.15) is 0 Å². The van der Waals surface area contributed by atoms with Crippen molar-refractivity contribution in [2.24, 2.45) is 0 Å². The molecule has 1 aliphatic rings. The SMILES string of the molecule is CCc1ccc(C2NC(=O)N(CC)C(C)=C2c2nc(-c3ccc(SC)cc3)no2)cc1. The van der Waals surface area contributed by atoms with Crippen LogP contribution in [0, 0.1) is 0 Å². The molecule has 0 radical (unpaired) electrons. The van der Waals surface area contributed by atoms with Crippen molar-refractivity contribution >= 4 is 23.4 Å². The Bertz CT molecular complexity index is 1100. The molecule has 0 saturated carbocycles.